The highest BCUT2D eigenvalue weighted by molar-refractivity contribution is 6.31. The average Bonchev–Trinajstić information content (AvgIpc) is 2.46. The van der Waals surface area contributed by atoms with Crippen LogP contribution in [0.5, 0.6) is 0 Å². The molecule has 0 spiro atoms. The number of halogens is 1. The number of nitriles is 1. The van der Waals surface area contributed by atoms with Crippen molar-refractivity contribution in [3.8, 4) is 6.07 Å². The summed E-state index contributed by atoms with van der Waals surface area (Å²) in [7, 11) is 0. The van der Waals surface area contributed by atoms with Gasteiger partial charge in [-0.15, -0.1) is 0 Å². The molecule has 0 aliphatic heterocycles. The SMILES string of the molecule is C[C@@H](N[C@H](C#N)c1ccccc1Cl)c1ccccc1. The van der Waals surface area contributed by atoms with Gasteiger partial charge in [-0.2, -0.15) is 5.26 Å². The molecule has 0 saturated carbocycles. The first-order valence-corrected chi connectivity index (χ1v) is 6.55. The molecule has 0 bridgehead atoms. The lowest BCUT2D eigenvalue weighted by molar-refractivity contribution is 0.533. The van der Waals surface area contributed by atoms with Gasteiger partial charge in [-0.25, -0.2) is 0 Å². The molecular formula is C16H15ClN2. The van der Waals surface area contributed by atoms with E-state index in [2.05, 4.69) is 11.4 Å². The first-order chi connectivity index (χ1) is 9.22. The maximum absolute atomic E-state index is 9.33. The quantitative estimate of drug-likeness (QED) is 0.901. The Labute approximate surface area is 118 Å². The monoisotopic (exact) mass is 270 g/mol. The van der Waals surface area contributed by atoms with Crippen LogP contribution in [0.15, 0.2) is 54.6 Å². The van der Waals surface area contributed by atoms with Crippen LogP contribution in [0.2, 0.25) is 5.02 Å². The Morgan fingerprint density at radius 2 is 1.68 bits per heavy atom. The molecule has 0 unspecified atom stereocenters. The largest absolute Gasteiger partial charge is 0.292 e. The smallest absolute Gasteiger partial charge is 0.123 e. The summed E-state index contributed by atoms with van der Waals surface area (Å²) in [6.45, 7) is 2.04. The molecule has 2 aromatic rings. The number of nitrogens with zero attached hydrogens (tertiary/aromatic N) is 1. The number of rotatable bonds is 4. The minimum atomic E-state index is -0.413. The molecule has 0 heterocycles. The summed E-state index contributed by atoms with van der Waals surface area (Å²) < 4.78 is 0. The molecule has 0 saturated heterocycles. The van der Waals surface area contributed by atoms with Gasteiger partial charge in [-0.1, -0.05) is 60.1 Å². The molecule has 0 radical (unpaired) electrons. The van der Waals surface area contributed by atoms with Crippen LogP contribution in [0.25, 0.3) is 0 Å². The van der Waals surface area contributed by atoms with Gasteiger partial charge < -0.3 is 0 Å². The van der Waals surface area contributed by atoms with Crippen LogP contribution in [-0.4, -0.2) is 0 Å². The number of nitrogens with one attached hydrogen (secondary N) is 1. The summed E-state index contributed by atoms with van der Waals surface area (Å²) in [5.41, 5.74) is 1.96. The van der Waals surface area contributed by atoms with Gasteiger partial charge in [0.15, 0.2) is 0 Å². The van der Waals surface area contributed by atoms with Crippen LogP contribution < -0.4 is 5.32 Å². The fourth-order valence-electron chi connectivity index (χ4n) is 1.99. The van der Waals surface area contributed by atoms with Crippen LogP contribution in [0.4, 0.5) is 0 Å². The highest BCUT2D eigenvalue weighted by Gasteiger charge is 2.16. The summed E-state index contributed by atoms with van der Waals surface area (Å²) in [5.74, 6) is 0. The van der Waals surface area contributed by atoms with Crippen LogP contribution in [0.1, 0.15) is 30.1 Å². The van der Waals surface area contributed by atoms with E-state index in [1.807, 2.05) is 55.5 Å². The van der Waals surface area contributed by atoms with E-state index < -0.39 is 6.04 Å². The first kappa shape index (κ1) is 13.6. The van der Waals surface area contributed by atoms with E-state index in [-0.39, 0.29) is 6.04 Å². The zero-order valence-electron chi connectivity index (χ0n) is 10.7. The Balaban J connectivity index is 2.17. The fourth-order valence-corrected chi connectivity index (χ4v) is 2.24. The molecule has 3 heteroatoms. The molecule has 19 heavy (non-hydrogen) atoms. The lowest BCUT2D eigenvalue weighted by Crippen LogP contribution is -2.23. The van der Waals surface area contributed by atoms with Gasteiger partial charge >= 0.3 is 0 Å². The topological polar surface area (TPSA) is 35.8 Å². The maximum atomic E-state index is 9.33. The van der Waals surface area contributed by atoms with Gasteiger partial charge in [-0.05, 0) is 18.6 Å². The van der Waals surface area contributed by atoms with Gasteiger partial charge in [0.1, 0.15) is 6.04 Å². The van der Waals surface area contributed by atoms with E-state index in [1.165, 1.54) is 0 Å². The number of hydrogen-bond donors (Lipinski definition) is 1. The van der Waals surface area contributed by atoms with Crippen LogP contribution in [-0.2, 0) is 0 Å². The summed E-state index contributed by atoms with van der Waals surface area (Å²) in [6, 6.07) is 19.4. The second-order valence-electron chi connectivity index (χ2n) is 4.38. The van der Waals surface area contributed by atoms with Gasteiger partial charge in [0, 0.05) is 16.6 Å². The third-order valence-corrected chi connectivity index (χ3v) is 3.41. The Kier molecular flexibility index (Phi) is 4.57. The molecule has 2 rings (SSSR count). The lowest BCUT2D eigenvalue weighted by Gasteiger charge is -2.19. The van der Waals surface area contributed by atoms with Crippen LogP contribution in [0, 0.1) is 11.3 Å². The molecule has 0 aliphatic rings. The molecule has 1 N–H and O–H groups in total. The molecule has 96 valence electrons. The number of benzene rings is 2. The van der Waals surface area contributed by atoms with Crippen molar-refractivity contribution >= 4 is 11.6 Å². The molecule has 2 nitrogen and oxygen atoms in total. The molecule has 2 aromatic carbocycles. The van der Waals surface area contributed by atoms with Crippen LogP contribution in [0.3, 0.4) is 0 Å². The van der Waals surface area contributed by atoms with E-state index in [0.29, 0.717) is 5.02 Å². The molecule has 2 atom stereocenters. The van der Waals surface area contributed by atoms with E-state index in [4.69, 9.17) is 11.6 Å². The lowest BCUT2D eigenvalue weighted by atomic mass is 10.0. The predicted octanol–water partition coefficient (Wildman–Crippen LogP) is 4.26. The standard InChI is InChI=1S/C16H15ClN2/c1-12(13-7-3-2-4-8-13)19-16(11-18)14-9-5-6-10-15(14)17/h2-10,12,16,19H,1H3/t12-,16-/m1/s1. The van der Waals surface area contributed by atoms with Crippen molar-refractivity contribution in [2.75, 3.05) is 0 Å². The summed E-state index contributed by atoms with van der Waals surface area (Å²) in [4.78, 5) is 0. The van der Waals surface area contributed by atoms with E-state index >= 15 is 0 Å². The molecule has 0 aromatic heterocycles. The van der Waals surface area contributed by atoms with Gasteiger partial charge in [0.05, 0.1) is 6.07 Å². The van der Waals surface area contributed by atoms with Crippen molar-refractivity contribution in [1.29, 1.82) is 5.26 Å². The van der Waals surface area contributed by atoms with Crippen LogP contribution >= 0.6 is 11.6 Å². The summed E-state index contributed by atoms with van der Waals surface area (Å²) >= 11 is 6.14. The number of hydrogen-bond acceptors (Lipinski definition) is 2. The van der Waals surface area contributed by atoms with E-state index in [0.717, 1.165) is 11.1 Å². The summed E-state index contributed by atoms with van der Waals surface area (Å²) in [6.07, 6.45) is 0. The normalized spacial score (nSPS) is 13.5. The Morgan fingerprint density at radius 3 is 2.32 bits per heavy atom. The van der Waals surface area contributed by atoms with Crippen molar-refractivity contribution in [2.45, 2.75) is 19.0 Å². The van der Waals surface area contributed by atoms with E-state index in [9.17, 15) is 5.26 Å². The van der Waals surface area contributed by atoms with Crippen molar-refractivity contribution in [3.05, 3.63) is 70.7 Å². The highest BCUT2D eigenvalue weighted by atomic mass is 35.5. The van der Waals surface area contributed by atoms with Crippen molar-refractivity contribution in [1.82, 2.24) is 5.32 Å². The van der Waals surface area contributed by atoms with Gasteiger partial charge in [0.25, 0.3) is 0 Å². The average molecular weight is 271 g/mol. The highest BCUT2D eigenvalue weighted by Crippen LogP contribution is 2.25. The predicted molar refractivity (Wildman–Crippen MR) is 77.8 cm³/mol. The maximum Gasteiger partial charge on any atom is 0.123 e. The minimum absolute atomic E-state index is 0.0853. The molecular weight excluding hydrogens is 256 g/mol. The zero-order valence-corrected chi connectivity index (χ0v) is 11.4. The summed E-state index contributed by atoms with van der Waals surface area (Å²) in [5, 5.41) is 13.2. The van der Waals surface area contributed by atoms with Crippen molar-refractivity contribution in [3.63, 3.8) is 0 Å². The minimum Gasteiger partial charge on any atom is -0.292 e. The Morgan fingerprint density at radius 1 is 1.05 bits per heavy atom. The molecule has 0 aliphatic carbocycles. The third-order valence-electron chi connectivity index (χ3n) is 3.06. The zero-order chi connectivity index (χ0) is 13.7. The third kappa shape index (κ3) is 3.35. The molecule has 0 fully saturated rings. The second kappa shape index (κ2) is 6.38. The Hall–Kier alpha value is -1.82. The van der Waals surface area contributed by atoms with Crippen molar-refractivity contribution < 1.29 is 0 Å². The first-order valence-electron chi connectivity index (χ1n) is 6.17. The second-order valence-corrected chi connectivity index (χ2v) is 4.79. The van der Waals surface area contributed by atoms with Gasteiger partial charge in [-0.3, -0.25) is 5.32 Å². The van der Waals surface area contributed by atoms with Gasteiger partial charge in [0.2, 0.25) is 0 Å². The Bertz CT molecular complexity index is 575. The molecule has 0 amide bonds. The van der Waals surface area contributed by atoms with E-state index in [1.54, 1.807) is 6.07 Å². The van der Waals surface area contributed by atoms with Crippen molar-refractivity contribution in [2.24, 2.45) is 0 Å². The fraction of sp³-hybridized carbons (Fsp3) is 0.188.